The number of carbonyl (C=O) groups is 1. The minimum absolute atomic E-state index is 0.0380. The normalized spacial score (nSPS) is 19.2. The summed E-state index contributed by atoms with van der Waals surface area (Å²) in [6.07, 6.45) is -4.84. The molecule has 20 heavy (non-hydrogen) atoms. The van der Waals surface area contributed by atoms with E-state index in [4.69, 9.17) is 10.1 Å². The summed E-state index contributed by atoms with van der Waals surface area (Å²) in [5, 5.41) is 9.80. The quantitative estimate of drug-likeness (QED) is 0.584. The van der Waals surface area contributed by atoms with Crippen LogP contribution in [0.4, 0.5) is 13.2 Å². The van der Waals surface area contributed by atoms with E-state index in [1.165, 1.54) is 6.92 Å². The summed E-state index contributed by atoms with van der Waals surface area (Å²) >= 11 is 0. The number of carbonyl (C=O) groups excluding carboxylic acids is 1. The van der Waals surface area contributed by atoms with Crippen LogP contribution in [0.2, 0.25) is 0 Å². The van der Waals surface area contributed by atoms with Crippen molar-refractivity contribution in [1.29, 1.82) is 5.41 Å². The van der Waals surface area contributed by atoms with Crippen LogP contribution in [0.3, 0.4) is 0 Å². The number of hydrogen-bond acceptors (Lipinski definition) is 4. The predicted octanol–water partition coefficient (Wildman–Crippen LogP) is 2.57. The van der Waals surface area contributed by atoms with Gasteiger partial charge in [-0.2, -0.15) is 13.2 Å². The van der Waals surface area contributed by atoms with Crippen LogP contribution in [0.15, 0.2) is 23.6 Å². The molecule has 1 aliphatic carbocycles. The molecule has 0 saturated heterocycles. The van der Waals surface area contributed by atoms with Gasteiger partial charge >= 0.3 is 6.18 Å². The fraction of sp³-hybridized carbons (Fsp3) is 0.538. The molecule has 0 bridgehead atoms. The lowest BCUT2D eigenvalue weighted by Gasteiger charge is -2.13. The van der Waals surface area contributed by atoms with Gasteiger partial charge in [0.05, 0.1) is 18.8 Å². The van der Waals surface area contributed by atoms with Gasteiger partial charge in [-0.25, -0.2) is 0 Å². The van der Waals surface area contributed by atoms with Crippen molar-refractivity contribution < 1.29 is 22.7 Å². The lowest BCUT2D eigenvalue weighted by molar-refractivity contribution is -0.118. The van der Waals surface area contributed by atoms with Crippen molar-refractivity contribution in [3.05, 3.63) is 23.6 Å². The zero-order chi connectivity index (χ0) is 15.5. The number of allylic oxidation sites excluding steroid dienone is 2. The predicted molar refractivity (Wildman–Crippen MR) is 68.4 cm³/mol. The number of ether oxygens (including phenoxy) is 1. The molecule has 0 aromatic heterocycles. The van der Waals surface area contributed by atoms with Crippen molar-refractivity contribution in [2.24, 2.45) is 5.92 Å². The van der Waals surface area contributed by atoms with Gasteiger partial charge < -0.3 is 10.1 Å². The zero-order valence-electron chi connectivity index (χ0n) is 11.4. The number of hydrogen-bond donors (Lipinski definition) is 2. The monoisotopic (exact) mass is 290 g/mol. The molecule has 2 N–H and O–H groups in total. The van der Waals surface area contributed by atoms with Crippen LogP contribution in [0, 0.1) is 11.3 Å². The Morgan fingerprint density at radius 3 is 2.65 bits per heavy atom. The number of rotatable bonds is 6. The van der Waals surface area contributed by atoms with Gasteiger partial charge in [0.1, 0.15) is 11.5 Å². The van der Waals surface area contributed by atoms with Crippen LogP contribution in [0.5, 0.6) is 0 Å². The van der Waals surface area contributed by atoms with Crippen LogP contribution in [0.1, 0.15) is 20.3 Å². The summed E-state index contributed by atoms with van der Waals surface area (Å²) in [5.74, 6) is -0.654. The molecule has 7 heteroatoms. The van der Waals surface area contributed by atoms with Gasteiger partial charge in [-0.15, -0.1) is 0 Å². The standard InChI is InChI=1S/C13H17F3N2O2/c1-4-20-8(3)6-18-10-9(5-7(2)11(10)19)12(17)13(14,15)16/h7,17-18H,3-6H2,1-2H3. The second-order valence-electron chi connectivity index (χ2n) is 4.52. The molecule has 0 heterocycles. The van der Waals surface area contributed by atoms with Crippen molar-refractivity contribution in [3.8, 4) is 0 Å². The summed E-state index contributed by atoms with van der Waals surface area (Å²) in [4.78, 5) is 11.9. The first-order valence-corrected chi connectivity index (χ1v) is 6.16. The molecule has 0 aliphatic heterocycles. The molecule has 1 rings (SSSR count). The lowest BCUT2D eigenvalue weighted by Crippen LogP contribution is -2.28. The number of alkyl halides is 3. The Morgan fingerprint density at radius 2 is 2.15 bits per heavy atom. The van der Waals surface area contributed by atoms with Crippen LogP contribution in [-0.4, -0.2) is 30.8 Å². The van der Waals surface area contributed by atoms with Gasteiger partial charge in [-0.05, 0) is 13.3 Å². The molecule has 0 saturated carbocycles. The SMILES string of the molecule is C=C(CNC1=C(C(=N)C(F)(F)F)CC(C)C1=O)OCC. The van der Waals surface area contributed by atoms with E-state index >= 15 is 0 Å². The smallest absolute Gasteiger partial charge is 0.433 e. The Balaban J connectivity index is 2.92. The van der Waals surface area contributed by atoms with Gasteiger partial charge in [-0.1, -0.05) is 13.5 Å². The third-order valence-corrected chi connectivity index (χ3v) is 2.90. The van der Waals surface area contributed by atoms with E-state index in [1.807, 2.05) is 0 Å². The highest BCUT2D eigenvalue weighted by Gasteiger charge is 2.42. The van der Waals surface area contributed by atoms with Crippen molar-refractivity contribution in [2.45, 2.75) is 26.4 Å². The van der Waals surface area contributed by atoms with Crippen molar-refractivity contribution in [3.63, 3.8) is 0 Å². The first kappa shape index (κ1) is 16.3. The molecule has 0 fully saturated rings. The van der Waals surface area contributed by atoms with Crippen LogP contribution < -0.4 is 5.32 Å². The number of nitrogens with one attached hydrogen (secondary N) is 2. The van der Waals surface area contributed by atoms with Gasteiger partial charge in [0.25, 0.3) is 0 Å². The minimum Gasteiger partial charge on any atom is -0.497 e. The fourth-order valence-corrected chi connectivity index (χ4v) is 1.93. The molecule has 1 atom stereocenters. The van der Waals surface area contributed by atoms with E-state index in [2.05, 4.69) is 11.9 Å². The van der Waals surface area contributed by atoms with E-state index in [0.29, 0.717) is 12.4 Å². The third kappa shape index (κ3) is 3.61. The molecule has 112 valence electrons. The average Bonchev–Trinajstić information content (AvgIpc) is 2.61. The summed E-state index contributed by atoms with van der Waals surface area (Å²) in [6, 6.07) is 0. The van der Waals surface area contributed by atoms with Crippen LogP contribution >= 0.6 is 0 Å². The third-order valence-electron chi connectivity index (χ3n) is 2.90. The first-order chi connectivity index (χ1) is 9.18. The second kappa shape index (κ2) is 6.11. The molecule has 0 aromatic carbocycles. The van der Waals surface area contributed by atoms with Gasteiger partial charge in [0.2, 0.25) is 0 Å². The fourth-order valence-electron chi connectivity index (χ4n) is 1.93. The highest BCUT2D eigenvalue weighted by molar-refractivity contribution is 6.13. The molecule has 0 amide bonds. The topological polar surface area (TPSA) is 62.2 Å². The molecule has 1 aliphatic rings. The molecular formula is C13H17F3N2O2. The zero-order valence-corrected chi connectivity index (χ0v) is 11.4. The Kier molecular flexibility index (Phi) is 4.97. The van der Waals surface area contributed by atoms with E-state index in [0.717, 1.165) is 0 Å². The molecule has 1 unspecified atom stereocenters. The maximum Gasteiger partial charge on any atom is 0.433 e. The van der Waals surface area contributed by atoms with Crippen LogP contribution in [0.25, 0.3) is 0 Å². The summed E-state index contributed by atoms with van der Waals surface area (Å²) < 4.78 is 42.9. The maximum absolute atomic E-state index is 12.6. The maximum atomic E-state index is 12.6. The van der Waals surface area contributed by atoms with Crippen molar-refractivity contribution in [2.75, 3.05) is 13.2 Å². The van der Waals surface area contributed by atoms with E-state index in [9.17, 15) is 18.0 Å². The summed E-state index contributed by atoms with van der Waals surface area (Å²) in [5.41, 5.74) is -1.92. The Bertz CT molecular complexity index is 467. The highest BCUT2D eigenvalue weighted by atomic mass is 19.4. The minimum atomic E-state index is -4.76. The number of ketones is 1. The molecule has 0 spiro atoms. The lowest BCUT2D eigenvalue weighted by atomic mass is 10.0. The summed E-state index contributed by atoms with van der Waals surface area (Å²) in [6.45, 7) is 7.28. The van der Waals surface area contributed by atoms with Crippen LogP contribution in [-0.2, 0) is 9.53 Å². The molecule has 0 radical (unpaired) electrons. The van der Waals surface area contributed by atoms with E-state index in [-0.39, 0.29) is 24.2 Å². The van der Waals surface area contributed by atoms with Gasteiger partial charge in [0, 0.05) is 11.5 Å². The Morgan fingerprint density at radius 1 is 1.55 bits per heavy atom. The Hall–Kier alpha value is -1.79. The molecular weight excluding hydrogens is 273 g/mol. The van der Waals surface area contributed by atoms with Crippen molar-refractivity contribution >= 4 is 11.5 Å². The van der Waals surface area contributed by atoms with E-state index in [1.54, 1.807) is 6.92 Å². The number of halogens is 3. The average molecular weight is 290 g/mol. The number of Topliss-reactive ketones (excluding diaryl/α,β-unsaturated/α-hetero) is 1. The van der Waals surface area contributed by atoms with Crippen molar-refractivity contribution in [1.82, 2.24) is 5.32 Å². The molecule has 0 aromatic rings. The second-order valence-corrected chi connectivity index (χ2v) is 4.52. The highest BCUT2D eigenvalue weighted by Crippen LogP contribution is 2.32. The largest absolute Gasteiger partial charge is 0.497 e. The van der Waals surface area contributed by atoms with Gasteiger partial charge in [-0.3, -0.25) is 10.2 Å². The van der Waals surface area contributed by atoms with E-state index < -0.39 is 23.6 Å². The first-order valence-electron chi connectivity index (χ1n) is 6.16. The molecule has 4 nitrogen and oxygen atoms in total. The summed E-state index contributed by atoms with van der Waals surface area (Å²) in [7, 11) is 0. The van der Waals surface area contributed by atoms with Gasteiger partial charge in [0.15, 0.2) is 5.78 Å². The Labute approximate surface area is 115 Å².